The van der Waals surface area contributed by atoms with Crippen molar-refractivity contribution in [3.05, 3.63) is 12.4 Å². The van der Waals surface area contributed by atoms with E-state index >= 15 is 0 Å². The van der Waals surface area contributed by atoms with Crippen molar-refractivity contribution in [1.29, 1.82) is 0 Å². The van der Waals surface area contributed by atoms with E-state index in [4.69, 9.17) is 0 Å². The Morgan fingerprint density at radius 2 is 1.59 bits per heavy atom. The molecule has 0 spiro atoms. The lowest BCUT2D eigenvalue weighted by atomic mass is 9.88. The fourth-order valence-electron chi connectivity index (χ4n) is 4.84. The Kier molecular flexibility index (Phi) is 5.79. The van der Waals surface area contributed by atoms with Gasteiger partial charge in [0.25, 0.3) is 0 Å². The molecule has 1 aromatic heterocycles. The van der Waals surface area contributed by atoms with Gasteiger partial charge >= 0.3 is 0 Å². The molecule has 1 aliphatic carbocycles. The molecule has 148 valence electrons. The van der Waals surface area contributed by atoms with Gasteiger partial charge in [-0.15, -0.1) is 0 Å². The third kappa shape index (κ3) is 4.36. The maximum Gasteiger partial charge on any atom is 0.225 e. The molecule has 1 aromatic rings. The van der Waals surface area contributed by atoms with Crippen LogP contribution in [-0.2, 0) is 4.79 Å². The molecular weight excluding hydrogens is 338 g/mol. The molecule has 27 heavy (non-hydrogen) atoms. The highest BCUT2D eigenvalue weighted by Crippen LogP contribution is 2.27. The Morgan fingerprint density at radius 1 is 0.889 bits per heavy atom. The Labute approximate surface area is 162 Å². The number of carbonyl (C=O) groups excluding carboxylic acids is 1. The maximum absolute atomic E-state index is 12.8. The molecule has 0 radical (unpaired) electrons. The molecule has 1 saturated carbocycles. The van der Waals surface area contributed by atoms with Crippen LogP contribution in [0.3, 0.4) is 0 Å². The van der Waals surface area contributed by atoms with E-state index in [0.29, 0.717) is 5.91 Å². The van der Waals surface area contributed by atoms with Crippen molar-refractivity contribution in [3.8, 4) is 0 Å². The number of rotatable bonds is 3. The molecule has 3 fully saturated rings. The Balaban J connectivity index is 1.35. The fourth-order valence-corrected chi connectivity index (χ4v) is 4.84. The van der Waals surface area contributed by atoms with E-state index < -0.39 is 0 Å². The first kappa shape index (κ1) is 18.5. The molecule has 1 atom stereocenters. The number of hydrogen-bond donors (Lipinski definition) is 0. The highest BCUT2D eigenvalue weighted by molar-refractivity contribution is 5.79. The van der Waals surface area contributed by atoms with Crippen LogP contribution in [0.15, 0.2) is 12.4 Å². The zero-order valence-corrected chi connectivity index (χ0v) is 16.6. The molecule has 0 bridgehead atoms. The van der Waals surface area contributed by atoms with Crippen LogP contribution in [0.2, 0.25) is 0 Å². The summed E-state index contributed by atoms with van der Waals surface area (Å²) in [7, 11) is 0. The molecule has 3 aliphatic rings. The van der Waals surface area contributed by atoms with E-state index in [1.54, 1.807) is 6.33 Å². The summed E-state index contributed by atoms with van der Waals surface area (Å²) in [6, 6.07) is 2.14. The lowest BCUT2D eigenvalue weighted by Gasteiger charge is -2.38. The first-order valence-electron chi connectivity index (χ1n) is 10.8. The van der Waals surface area contributed by atoms with Gasteiger partial charge < -0.3 is 14.7 Å². The number of aromatic nitrogens is 2. The van der Waals surface area contributed by atoms with Crippen molar-refractivity contribution in [1.82, 2.24) is 14.9 Å². The molecular formula is C21H33N5O. The monoisotopic (exact) mass is 371 g/mol. The van der Waals surface area contributed by atoms with E-state index in [-0.39, 0.29) is 5.92 Å². The van der Waals surface area contributed by atoms with Gasteiger partial charge in [-0.1, -0.05) is 26.2 Å². The van der Waals surface area contributed by atoms with Crippen molar-refractivity contribution in [3.63, 3.8) is 0 Å². The third-order valence-corrected chi connectivity index (χ3v) is 6.49. The summed E-state index contributed by atoms with van der Waals surface area (Å²) in [6.45, 7) is 7.85. The van der Waals surface area contributed by atoms with E-state index in [2.05, 4.69) is 37.7 Å². The quantitative estimate of drug-likeness (QED) is 0.818. The van der Waals surface area contributed by atoms with E-state index in [0.717, 1.165) is 69.7 Å². The van der Waals surface area contributed by atoms with Gasteiger partial charge in [0.1, 0.15) is 18.0 Å². The van der Waals surface area contributed by atoms with Gasteiger partial charge in [0.15, 0.2) is 0 Å². The average Bonchev–Trinajstić information content (AvgIpc) is 2.74. The van der Waals surface area contributed by atoms with Crippen LogP contribution in [-0.4, -0.2) is 60.0 Å². The molecule has 3 heterocycles. The van der Waals surface area contributed by atoms with E-state index in [9.17, 15) is 4.79 Å². The summed E-state index contributed by atoms with van der Waals surface area (Å²) in [6.07, 6.45) is 10.1. The number of carbonyl (C=O) groups is 1. The van der Waals surface area contributed by atoms with Crippen molar-refractivity contribution in [2.24, 2.45) is 11.8 Å². The lowest BCUT2D eigenvalue weighted by Crippen LogP contribution is -2.50. The maximum atomic E-state index is 12.8. The normalized spacial score (nSPS) is 24.9. The van der Waals surface area contributed by atoms with Crippen LogP contribution in [0.25, 0.3) is 0 Å². The highest BCUT2D eigenvalue weighted by atomic mass is 16.2. The molecule has 6 nitrogen and oxygen atoms in total. The van der Waals surface area contributed by atoms with Crippen LogP contribution < -0.4 is 9.80 Å². The minimum absolute atomic E-state index is 0.275. The Morgan fingerprint density at radius 3 is 2.30 bits per heavy atom. The number of amides is 1. The average molecular weight is 372 g/mol. The van der Waals surface area contributed by atoms with Crippen LogP contribution in [0.4, 0.5) is 11.6 Å². The van der Waals surface area contributed by atoms with Crippen molar-refractivity contribution in [2.45, 2.75) is 51.9 Å². The summed E-state index contributed by atoms with van der Waals surface area (Å²) in [5, 5.41) is 0. The summed E-state index contributed by atoms with van der Waals surface area (Å²) in [5.74, 6) is 3.44. The van der Waals surface area contributed by atoms with Gasteiger partial charge in [0, 0.05) is 51.3 Å². The minimum Gasteiger partial charge on any atom is -0.356 e. The van der Waals surface area contributed by atoms with Crippen LogP contribution in [0.1, 0.15) is 51.9 Å². The Bertz CT molecular complexity index is 637. The third-order valence-electron chi connectivity index (χ3n) is 6.49. The lowest BCUT2D eigenvalue weighted by molar-refractivity contribution is -0.136. The molecule has 2 aliphatic heterocycles. The molecule has 0 N–H and O–H groups in total. The summed E-state index contributed by atoms with van der Waals surface area (Å²) in [5.41, 5.74) is 0. The van der Waals surface area contributed by atoms with Crippen molar-refractivity contribution < 1.29 is 4.79 Å². The van der Waals surface area contributed by atoms with Crippen LogP contribution >= 0.6 is 0 Å². The standard InChI is InChI=1S/C21H33N5O/c1-17-6-5-9-26(15-17)20-14-19(22-16-23-20)24-10-12-25(13-11-24)21(27)18-7-3-2-4-8-18/h14,16-18H,2-13,15H2,1H3. The number of anilines is 2. The van der Waals surface area contributed by atoms with Crippen molar-refractivity contribution >= 4 is 17.5 Å². The van der Waals surface area contributed by atoms with Crippen LogP contribution in [0, 0.1) is 11.8 Å². The van der Waals surface area contributed by atoms with Gasteiger partial charge in [0.2, 0.25) is 5.91 Å². The molecule has 2 saturated heterocycles. The van der Waals surface area contributed by atoms with Gasteiger partial charge in [0.05, 0.1) is 0 Å². The summed E-state index contributed by atoms with van der Waals surface area (Å²) < 4.78 is 0. The van der Waals surface area contributed by atoms with E-state index in [1.807, 2.05) is 0 Å². The molecule has 1 unspecified atom stereocenters. The smallest absolute Gasteiger partial charge is 0.225 e. The molecule has 1 amide bonds. The zero-order valence-electron chi connectivity index (χ0n) is 16.6. The second kappa shape index (κ2) is 8.44. The second-order valence-electron chi connectivity index (χ2n) is 8.58. The predicted octanol–water partition coefficient (Wildman–Crippen LogP) is 2.94. The SMILES string of the molecule is CC1CCCN(c2cc(N3CCN(C(=O)C4CCCCC4)CC3)ncn2)C1. The minimum atomic E-state index is 0.275. The number of nitrogens with zero attached hydrogens (tertiary/aromatic N) is 5. The van der Waals surface area contributed by atoms with E-state index in [1.165, 1.54) is 32.1 Å². The van der Waals surface area contributed by atoms with Crippen molar-refractivity contribution in [2.75, 3.05) is 49.1 Å². The Hall–Kier alpha value is -1.85. The first-order valence-corrected chi connectivity index (χ1v) is 10.8. The first-order chi connectivity index (χ1) is 13.2. The second-order valence-corrected chi connectivity index (χ2v) is 8.58. The number of hydrogen-bond acceptors (Lipinski definition) is 5. The zero-order chi connectivity index (χ0) is 18.6. The van der Waals surface area contributed by atoms with Gasteiger partial charge in [-0.2, -0.15) is 0 Å². The van der Waals surface area contributed by atoms with Gasteiger partial charge in [-0.3, -0.25) is 4.79 Å². The largest absolute Gasteiger partial charge is 0.356 e. The fraction of sp³-hybridized carbons (Fsp3) is 0.762. The number of piperazine rings is 1. The van der Waals surface area contributed by atoms with Crippen LogP contribution in [0.5, 0.6) is 0 Å². The molecule has 0 aromatic carbocycles. The van der Waals surface area contributed by atoms with Gasteiger partial charge in [-0.05, 0) is 31.6 Å². The summed E-state index contributed by atoms with van der Waals surface area (Å²) in [4.78, 5) is 28.6. The predicted molar refractivity (Wildman–Crippen MR) is 108 cm³/mol. The van der Waals surface area contributed by atoms with Gasteiger partial charge in [-0.25, -0.2) is 9.97 Å². The highest BCUT2D eigenvalue weighted by Gasteiger charge is 2.29. The summed E-state index contributed by atoms with van der Waals surface area (Å²) >= 11 is 0. The number of piperidine rings is 1. The topological polar surface area (TPSA) is 52.6 Å². The molecule has 6 heteroatoms. The molecule has 4 rings (SSSR count).